The van der Waals surface area contributed by atoms with E-state index in [2.05, 4.69) is 27.7 Å². The molecular formula is C62H117NO13. The maximum Gasteiger partial charge on any atom is 0.410 e. The molecule has 448 valence electrons. The first kappa shape index (κ1) is 76.5. The molecule has 0 aliphatic carbocycles. The Balaban J connectivity index is -0.00000136. The van der Waals surface area contributed by atoms with Crippen LogP contribution in [0.1, 0.15) is 295 Å². The summed E-state index contributed by atoms with van der Waals surface area (Å²) < 4.78 is 32.3. The first-order valence-corrected chi connectivity index (χ1v) is 30.9. The zero-order chi connectivity index (χ0) is 57.7. The molecule has 14 nitrogen and oxygen atoms in total. The van der Waals surface area contributed by atoms with Crippen LogP contribution in [0.25, 0.3) is 0 Å². The van der Waals surface area contributed by atoms with E-state index in [1.165, 1.54) is 89.9 Å². The SMILES string of the molecule is CC.CC.CCCCCCCCOC(=O)CC(CC(=O)CCC)CC(=O)OCCCCCCCC.CCCCCCCCOC(=O)CC(CC(=O)OCCCCCCCC)CC(=O)OCC1CCN1C(=O)OC(C)(C)C. The van der Waals surface area contributed by atoms with Crippen molar-refractivity contribution in [1.82, 2.24) is 4.90 Å². The van der Waals surface area contributed by atoms with Gasteiger partial charge in [-0.25, -0.2) is 4.79 Å². The average molecular weight is 1080 g/mol. The van der Waals surface area contributed by atoms with Gasteiger partial charge in [0.25, 0.3) is 0 Å². The number of hydrogen-bond acceptors (Lipinski definition) is 13. The van der Waals surface area contributed by atoms with Gasteiger partial charge < -0.3 is 33.3 Å². The average Bonchev–Trinajstić information content (AvgIpc) is 3.35. The Kier molecular flexibility index (Phi) is 55.0. The Labute approximate surface area is 465 Å². The minimum atomic E-state index is -0.603. The highest BCUT2D eigenvalue weighted by atomic mass is 16.6. The third-order valence-electron chi connectivity index (χ3n) is 12.6. The molecule has 0 aromatic carbocycles. The maximum absolute atomic E-state index is 12.7. The van der Waals surface area contributed by atoms with E-state index in [1.54, 1.807) is 25.7 Å². The second-order valence-electron chi connectivity index (χ2n) is 21.0. The van der Waals surface area contributed by atoms with Crippen LogP contribution in [0.5, 0.6) is 0 Å². The molecule has 1 aliphatic rings. The Morgan fingerprint density at radius 2 is 0.697 bits per heavy atom. The number of ketones is 1. The van der Waals surface area contributed by atoms with Gasteiger partial charge in [0.05, 0.1) is 32.5 Å². The topological polar surface area (TPSA) is 178 Å². The second-order valence-corrected chi connectivity index (χ2v) is 21.0. The number of carbonyl (C=O) groups is 7. The number of likely N-dealkylation sites (tertiary alicyclic amines) is 1. The molecule has 0 N–H and O–H groups in total. The largest absolute Gasteiger partial charge is 0.466 e. The number of ether oxygens (including phenoxy) is 6. The van der Waals surface area contributed by atoms with Gasteiger partial charge in [-0.2, -0.15) is 0 Å². The van der Waals surface area contributed by atoms with Crippen LogP contribution >= 0.6 is 0 Å². The summed E-state index contributed by atoms with van der Waals surface area (Å²) in [4.78, 5) is 88.1. The fraction of sp³-hybridized carbons (Fsp3) is 0.887. The molecule has 0 radical (unpaired) electrons. The molecule has 1 rings (SSSR count). The lowest BCUT2D eigenvalue weighted by molar-refractivity contribution is -0.152. The van der Waals surface area contributed by atoms with E-state index in [0.717, 1.165) is 70.6 Å². The number of hydrogen-bond donors (Lipinski definition) is 0. The molecular weight excluding hydrogens is 967 g/mol. The van der Waals surface area contributed by atoms with Crippen LogP contribution in [0, 0.1) is 11.8 Å². The molecule has 1 unspecified atom stereocenters. The summed E-state index contributed by atoms with van der Waals surface area (Å²) >= 11 is 0. The summed E-state index contributed by atoms with van der Waals surface area (Å²) in [5.41, 5.74) is -0.603. The van der Waals surface area contributed by atoms with Crippen molar-refractivity contribution in [2.45, 2.75) is 307 Å². The number of esters is 5. The van der Waals surface area contributed by atoms with Crippen LogP contribution in [0.4, 0.5) is 4.79 Å². The van der Waals surface area contributed by atoms with Crippen molar-refractivity contribution in [3.8, 4) is 0 Å². The van der Waals surface area contributed by atoms with Crippen molar-refractivity contribution in [2.24, 2.45) is 11.8 Å². The lowest BCUT2D eigenvalue weighted by Gasteiger charge is -2.40. The first-order valence-electron chi connectivity index (χ1n) is 30.9. The summed E-state index contributed by atoms with van der Waals surface area (Å²) in [6.07, 6.45) is 28.4. The number of unbranched alkanes of at least 4 members (excludes halogenated alkanes) is 20. The van der Waals surface area contributed by atoms with Gasteiger partial charge in [0, 0.05) is 51.5 Å². The van der Waals surface area contributed by atoms with Crippen LogP contribution in [0.3, 0.4) is 0 Å². The first-order chi connectivity index (χ1) is 36.6. The molecule has 0 bridgehead atoms. The standard InChI is InChI=1S/C32H57NO8.C26H48O5.2C2H6/c1-6-8-10-12-14-16-20-38-28(34)22-26(23-29(35)39-21-17-15-13-11-9-7-2)24-30(36)40-25-27-18-19-33(27)31(37)41-32(3,4)5;1-4-7-9-11-13-15-18-30-25(28)21-23(20-24(27)17-6-3)22-26(29)31-19-16-14-12-10-8-5-2;2*1-2/h26-27H,6-25H2,1-5H3;23H,4-22H2,1-3H3;2*1-2H3. The molecule has 1 fully saturated rings. The Bertz CT molecular complexity index is 1370. The van der Waals surface area contributed by atoms with Crippen molar-refractivity contribution in [1.29, 1.82) is 0 Å². The summed E-state index contributed by atoms with van der Waals surface area (Å²) in [5, 5.41) is 0. The maximum atomic E-state index is 12.7. The van der Waals surface area contributed by atoms with Gasteiger partial charge in [-0.15, -0.1) is 0 Å². The number of amides is 1. The zero-order valence-electron chi connectivity index (χ0n) is 51.1. The highest BCUT2D eigenvalue weighted by Gasteiger charge is 2.36. The van der Waals surface area contributed by atoms with E-state index in [0.29, 0.717) is 45.8 Å². The third-order valence-corrected chi connectivity index (χ3v) is 12.6. The van der Waals surface area contributed by atoms with Crippen molar-refractivity contribution < 1.29 is 62.0 Å². The van der Waals surface area contributed by atoms with Crippen molar-refractivity contribution in [2.75, 3.05) is 39.6 Å². The van der Waals surface area contributed by atoms with Crippen LogP contribution in [0.15, 0.2) is 0 Å². The van der Waals surface area contributed by atoms with Gasteiger partial charge in [-0.1, -0.05) is 191 Å². The van der Waals surface area contributed by atoms with Crippen LogP contribution in [0.2, 0.25) is 0 Å². The van der Waals surface area contributed by atoms with E-state index >= 15 is 0 Å². The van der Waals surface area contributed by atoms with E-state index in [-0.39, 0.29) is 74.8 Å². The molecule has 1 amide bonds. The number of nitrogens with zero attached hydrogens (tertiary/aromatic N) is 1. The fourth-order valence-corrected chi connectivity index (χ4v) is 8.25. The molecule has 0 spiro atoms. The molecule has 76 heavy (non-hydrogen) atoms. The fourth-order valence-electron chi connectivity index (χ4n) is 8.25. The van der Waals surface area contributed by atoms with E-state index < -0.39 is 35.5 Å². The van der Waals surface area contributed by atoms with Crippen molar-refractivity contribution >= 4 is 41.7 Å². The highest BCUT2D eigenvalue weighted by Crippen LogP contribution is 2.24. The van der Waals surface area contributed by atoms with E-state index in [1.807, 2.05) is 34.6 Å². The number of carbonyl (C=O) groups excluding carboxylic acids is 7. The lowest BCUT2D eigenvalue weighted by Crippen LogP contribution is -2.54. The summed E-state index contributed by atoms with van der Waals surface area (Å²) in [5.74, 6) is -2.78. The molecule has 0 aromatic heterocycles. The normalized spacial score (nSPS) is 12.7. The monoisotopic (exact) mass is 1080 g/mol. The Hall–Kier alpha value is -3.71. The lowest BCUT2D eigenvalue weighted by atomic mass is 9.94. The van der Waals surface area contributed by atoms with Crippen molar-refractivity contribution in [3.63, 3.8) is 0 Å². The predicted molar refractivity (Wildman–Crippen MR) is 307 cm³/mol. The van der Waals surface area contributed by atoms with E-state index in [4.69, 9.17) is 28.4 Å². The summed E-state index contributed by atoms with van der Waals surface area (Å²) in [7, 11) is 0. The predicted octanol–water partition coefficient (Wildman–Crippen LogP) is 16.1. The molecule has 1 atom stereocenters. The van der Waals surface area contributed by atoms with Crippen LogP contribution < -0.4 is 0 Å². The van der Waals surface area contributed by atoms with Crippen LogP contribution in [-0.2, 0) is 57.2 Å². The molecule has 1 saturated heterocycles. The second kappa shape index (κ2) is 54.6. The van der Waals surface area contributed by atoms with Gasteiger partial charge >= 0.3 is 35.9 Å². The van der Waals surface area contributed by atoms with Crippen LogP contribution in [-0.4, -0.2) is 97.8 Å². The van der Waals surface area contributed by atoms with Gasteiger partial charge in [-0.3, -0.25) is 28.8 Å². The van der Waals surface area contributed by atoms with Gasteiger partial charge in [0.15, 0.2) is 0 Å². The highest BCUT2D eigenvalue weighted by molar-refractivity contribution is 5.81. The van der Waals surface area contributed by atoms with Gasteiger partial charge in [-0.05, 0) is 71.1 Å². The minimum Gasteiger partial charge on any atom is -0.466 e. The molecule has 0 aromatic rings. The summed E-state index contributed by atoms with van der Waals surface area (Å²) in [6.45, 7) is 26.2. The molecule has 1 heterocycles. The quantitative estimate of drug-likeness (QED) is 0.0320. The Morgan fingerprint density at radius 3 is 0.974 bits per heavy atom. The molecule has 1 aliphatic heterocycles. The zero-order valence-corrected chi connectivity index (χ0v) is 51.1. The number of Topliss-reactive ketones (excluding diaryl/α,β-unsaturated/α-hetero) is 1. The van der Waals surface area contributed by atoms with Crippen molar-refractivity contribution in [3.05, 3.63) is 0 Å². The smallest absolute Gasteiger partial charge is 0.410 e. The minimum absolute atomic E-state index is 0.0511. The van der Waals surface area contributed by atoms with E-state index in [9.17, 15) is 33.6 Å². The Morgan fingerprint density at radius 1 is 0.408 bits per heavy atom. The third kappa shape index (κ3) is 49.8. The van der Waals surface area contributed by atoms with Gasteiger partial charge in [0.1, 0.15) is 18.0 Å². The number of rotatable bonds is 44. The molecule has 0 saturated carbocycles. The summed E-state index contributed by atoms with van der Waals surface area (Å²) in [6, 6.07) is -0.239. The van der Waals surface area contributed by atoms with Gasteiger partial charge in [0.2, 0.25) is 0 Å². The molecule has 14 heteroatoms.